The van der Waals surface area contributed by atoms with Gasteiger partial charge in [-0.3, -0.25) is 14.0 Å². The zero-order valence-electron chi connectivity index (χ0n) is 25.8. The number of carbonyl (C=O) groups excluding carboxylic acids is 2. The molecule has 14 nitrogen and oxygen atoms in total. The number of nitriles is 1. The molecule has 4 heterocycles. The first-order chi connectivity index (χ1) is 23.2. The number of carbonyl (C=O) groups is 3. The number of nitrogens with zero attached hydrogens (tertiary/aromatic N) is 7. The van der Waals surface area contributed by atoms with Crippen LogP contribution >= 0.6 is 0 Å². The molecule has 2 saturated heterocycles. The fourth-order valence-corrected chi connectivity index (χ4v) is 5.84. The second-order valence-electron chi connectivity index (χ2n) is 11.3. The summed E-state index contributed by atoms with van der Waals surface area (Å²) in [5.41, 5.74) is 2.39. The van der Waals surface area contributed by atoms with Gasteiger partial charge in [0.2, 0.25) is 5.82 Å². The lowest BCUT2D eigenvalue weighted by molar-refractivity contribution is -0.140. The van der Waals surface area contributed by atoms with Gasteiger partial charge in [0.25, 0.3) is 5.91 Å². The smallest absolute Gasteiger partial charge is 0.322 e. The normalized spacial score (nSPS) is 16.5. The van der Waals surface area contributed by atoms with Crippen molar-refractivity contribution < 1.29 is 33.0 Å². The molecule has 48 heavy (non-hydrogen) atoms. The average molecular weight is 660 g/mol. The molecular formula is C32H31F2N9O5. The van der Waals surface area contributed by atoms with E-state index in [1.165, 1.54) is 29.4 Å². The third kappa shape index (κ3) is 6.27. The summed E-state index contributed by atoms with van der Waals surface area (Å²) in [7, 11) is 0. The number of carboxylic acids is 1. The minimum Gasteiger partial charge on any atom is -0.480 e. The number of piperazine rings is 2. The molecule has 0 unspecified atom stereocenters. The number of aliphatic carboxylic acids is 1. The number of carboxylic acid groups (broad SMARTS) is 1. The molecule has 0 spiro atoms. The summed E-state index contributed by atoms with van der Waals surface area (Å²) in [5.74, 6) is -3.55. The zero-order chi connectivity index (χ0) is 33.9. The molecule has 2 aliphatic heterocycles. The Hall–Kier alpha value is -5.82. The molecular weight excluding hydrogens is 628 g/mol. The number of nitrogens with one attached hydrogen (secondary N) is 2. The summed E-state index contributed by atoms with van der Waals surface area (Å²) >= 11 is 0. The van der Waals surface area contributed by atoms with E-state index in [2.05, 4.69) is 20.6 Å². The van der Waals surface area contributed by atoms with E-state index in [0.717, 1.165) is 0 Å². The van der Waals surface area contributed by atoms with Crippen molar-refractivity contribution in [3.63, 3.8) is 0 Å². The minimum atomic E-state index is -1.21. The number of anilines is 2. The van der Waals surface area contributed by atoms with Crippen LogP contribution in [0.25, 0.3) is 16.9 Å². The number of fused-ring (bicyclic) bond motifs is 1. The Bertz CT molecular complexity index is 1940. The standard InChI is InChI=1S/C32H31F2N9O5/c1-19-16-20(2-3-21(19)30(44)40-11-13-41(14-12-40)32(47)42-9-7-36-23(18-42)31(45)46)39-28-29-38-17-24(43(29)10-8-37-28)22-4-5-25(48-15-6-35)27(34)26(22)33/h2-5,8,10,16-17,23,36H,7,9,11-15,18H2,1H3,(H,37,39)(H,45,46)/t23-/m1/s1. The van der Waals surface area contributed by atoms with Crippen molar-refractivity contribution in [2.45, 2.75) is 13.0 Å². The fourth-order valence-electron chi connectivity index (χ4n) is 5.84. The second kappa shape index (κ2) is 13.5. The van der Waals surface area contributed by atoms with Crippen molar-refractivity contribution in [2.24, 2.45) is 0 Å². The summed E-state index contributed by atoms with van der Waals surface area (Å²) in [5, 5.41) is 24.0. The van der Waals surface area contributed by atoms with E-state index >= 15 is 0 Å². The van der Waals surface area contributed by atoms with E-state index in [9.17, 15) is 28.3 Å². The molecule has 4 aromatic rings. The summed E-state index contributed by atoms with van der Waals surface area (Å²) in [4.78, 5) is 51.4. The van der Waals surface area contributed by atoms with Gasteiger partial charge in [-0.15, -0.1) is 0 Å². The van der Waals surface area contributed by atoms with E-state index < -0.39 is 30.3 Å². The van der Waals surface area contributed by atoms with Crippen LogP contribution in [-0.4, -0.2) is 111 Å². The lowest BCUT2D eigenvalue weighted by Crippen LogP contribution is -2.60. The number of aromatic nitrogens is 3. The quantitative estimate of drug-likeness (QED) is 0.268. The summed E-state index contributed by atoms with van der Waals surface area (Å²) < 4.78 is 36.1. The highest BCUT2D eigenvalue weighted by Gasteiger charge is 2.32. The summed E-state index contributed by atoms with van der Waals surface area (Å²) in [6.07, 6.45) is 4.45. The van der Waals surface area contributed by atoms with Gasteiger partial charge in [-0.05, 0) is 42.8 Å². The van der Waals surface area contributed by atoms with Crippen molar-refractivity contribution in [2.75, 3.05) is 57.7 Å². The minimum absolute atomic E-state index is 0.0546. The Kier molecular flexibility index (Phi) is 9.04. The third-order valence-corrected chi connectivity index (χ3v) is 8.34. The molecule has 2 aromatic carbocycles. The predicted molar refractivity (Wildman–Crippen MR) is 168 cm³/mol. The van der Waals surface area contributed by atoms with Crippen LogP contribution in [0.4, 0.5) is 25.1 Å². The van der Waals surface area contributed by atoms with E-state index in [1.807, 2.05) is 6.92 Å². The molecule has 16 heteroatoms. The maximum atomic E-state index is 15.0. The van der Waals surface area contributed by atoms with Gasteiger partial charge in [-0.1, -0.05) is 0 Å². The van der Waals surface area contributed by atoms with Gasteiger partial charge in [0.1, 0.15) is 12.1 Å². The Morgan fingerprint density at radius 1 is 1.06 bits per heavy atom. The molecule has 6 rings (SSSR count). The highest BCUT2D eigenvalue weighted by atomic mass is 19.2. The van der Waals surface area contributed by atoms with Crippen LogP contribution in [0.3, 0.4) is 0 Å². The maximum Gasteiger partial charge on any atom is 0.322 e. The monoisotopic (exact) mass is 659 g/mol. The van der Waals surface area contributed by atoms with E-state index in [4.69, 9.17) is 10.00 Å². The Labute approximate surface area is 273 Å². The number of halogens is 2. The van der Waals surface area contributed by atoms with Gasteiger partial charge in [0.15, 0.2) is 29.6 Å². The molecule has 2 fully saturated rings. The number of benzene rings is 2. The second-order valence-corrected chi connectivity index (χ2v) is 11.3. The van der Waals surface area contributed by atoms with Crippen molar-refractivity contribution in [3.05, 3.63) is 71.7 Å². The first-order valence-electron chi connectivity index (χ1n) is 15.1. The van der Waals surface area contributed by atoms with Gasteiger partial charge >= 0.3 is 12.0 Å². The Balaban J connectivity index is 1.12. The number of hydrogen-bond acceptors (Lipinski definition) is 9. The number of rotatable bonds is 7. The number of imidazole rings is 1. The number of hydrogen-bond donors (Lipinski definition) is 3. The number of ether oxygens (including phenoxy) is 1. The molecule has 0 saturated carbocycles. The molecule has 3 amide bonds. The van der Waals surface area contributed by atoms with Crippen LogP contribution in [0, 0.1) is 29.9 Å². The topological polar surface area (TPSA) is 168 Å². The predicted octanol–water partition coefficient (Wildman–Crippen LogP) is 2.87. The number of aryl methyl sites for hydroxylation is 1. The van der Waals surface area contributed by atoms with E-state index in [0.29, 0.717) is 67.5 Å². The number of urea groups is 1. The van der Waals surface area contributed by atoms with Crippen molar-refractivity contribution in [3.8, 4) is 23.1 Å². The molecule has 1 atom stereocenters. The van der Waals surface area contributed by atoms with E-state index in [1.54, 1.807) is 44.7 Å². The van der Waals surface area contributed by atoms with Crippen molar-refractivity contribution in [1.82, 2.24) is 34.4 Å². The highest BCUT2D eigenvalue weighted by Crippen LogP contribution is 2.32. The third-order valence-electron chi connectivity index (χ3n) is 8.34. The largest absolute Gasteiger partial charge is 0.480 e. The lowest BCUT2D eigenvalue weighted by atomic mass is 10.1. The van der Waals surface area contributed by atoms with Gasteiger partial charge in [-0.2, -0.15) is 9.65 Å². The lowest BCUT2D eigenvalue weighted by Gasteiger charge is -2.39. The van der Waals surface area contributed by atoms with E-state index in [-0.39, 0.29) is 35.5 Å². The Morgan fingerprint density at radius 3 is 2.56 bits per heavy atom. The highest BCUT2D eigenvalue weighted by molar-refractivity contribution is 5.96. The zero-order valence-corrected chi connectivity index (χ0v) is 25.8. The molecule has 248 valence electrons. The number of amides is 3. The van der Waals surface area contributed by atoms with Gasteiger partial charge in [-0.25, -0.2) is 19.2 Å². The van der Waals surface area contributed by atoms with Crippen LogP contribution in [0.5, 0.6) is 5.75 Å². The van der Waals surface area contributed by atoms with Crippen LogP contribution in [0.1, 0.15) is 15.9 Å². The maximum absolute atomic E-state index is 15.0. The Morgan fingerprint density at radius 2 is 1.83 bits per heavy atom. The van der Waals surface area contributed by atoms with Gasteiger partial charge < -0.3 is 35.2 Å². The first kappa shape index (κ1) is 32.1. The van der Waals surface area contributed by atoms with Gasteiger partial charge in [0.05, 0.1) is 11.9 Å². The van der Waals surface area contributed by atoms with Crippen LogP contribution in [0.2, 0.25) is 0 Å². The molecule has 0 aliphatic carbocycles. The molecule has 2 aromatic heterocycles. The molecule has 0 bridgehead atoms. The fraction of sp³-hybridized carbons (Fsp3) is 0.312. The van der Waals surface area contributed by atoms with Crippen LogP contribution in [-0.2, 0) is 4.79 Å². The first-order valence-corrected chi connectivity index (χ1v) is 15.1. The molecule has 2 aliphatic rings. The molecule has 0 radical (unpaired) electrons. The summed E-state index contributed by atoms with van der Waals surface area (Å²) in [6, 6.07) is 8.51. The molecule has 3 N–H and O–H groups in total. The average Bonchev–Trinajstić information content (AvgIpc) is 3.53. The van der Waals surface area contributed by atoms with Crippen LogP contribution < -0.4 is 15.4 Å². The van der Waals surface area contributed by atoms with Crippen molar-refractivity contribution >= 4 is 35.1 Å². The van der Waals surface area contributed by atoms with Crippen molar-refractivity contribution in [1.29, 1.82) is 5.26 Å². The summed E-state index contributed by atoms with van der Waals surface area (Å²) in [6.45, 7) is 3.65. The van der Waals surface area contributed by atoms with Gasteiger partial charge in [0, 0.05) is 75.0 Å². The SMILES string of the molecule is Cc1cc(Nc2nccn3c(-c4ccc(OCC#N)c(F)c4F)cnc23)ccc1C(=O)N1CCN(C(=O)N2CCN[C@@H](C(=O)O)C2)CC1. The van der Waals surface area contributed by atoms with Crippen LogP contribution in [0.15, 0.2) is 48.9 Å².